The Morgan fingerprint density at radius 2 is 2.04 bits per heavy atom. The van der Waals surface area contributed by atoms with E-state index in [4.69, 9.17) is 9.47 Å². The first kappa shape index (κ1) is 21.9. The molecule has 0 aromatic heterocycles. The number of alkyl halides is 3. The Bertz CT molecular complexity index is 645. The summed E-state index contributed by atoms with van der Waals surface area (Å²) >= 11 is 0. The van der Waals surface area contributed by atoms with Gasteiger partial charge in [0, 0.05) is 26.2 Å². The monoisotopic (exact) mass is 500 g/mol. The second-order valence-corrected chi connectivity index (χ2v) is 6.43. The zero-order chi connectivity index (χ0) is 18.6. The van der Waals surface area contributed by atoms with Crippen molar-refractivity contribution in [2.75, 3.05) is 39.8 Å². The number of likely N-dealkylation sites (tertiary alicyclic amines) is 1. The van der Waals surface area contributed by atoms with Crippen LogP contribution in [-0.2, 0) is 0 Å². The van der Waals surface area contributed by atoms with E-state index in [2.05, 4.69) is 15.6 Å². The minimum atomic E-state index is -4.16. The molecule has 2 N–H and O–H groups in total. The SMILES string of the molecule is CN=C(NCC1COc2ccccc2O1)NC1CCN(CC(F)(F)F)C1.I. The zero-order valence-corrected chi connectivity index (χ0v) is 17.3. The molecule has 2 atom stereocenters. The van der Waals surface area contributed by atoms with Crippen molar-refractivity contribution < 1.29 is 22.6 Å². The molecule has 2 aliphatic heterocycles. The van der Waals surface area contributed by atoms with Crippen LogP contribution < -0.4 is 20.1 Å². The van der Waals surface area contributed by atoms with Crippen LogP contribution in [0.15, 0.2) is 29.3 Å². The van der Waals surface area contributed by atoms with Crippen molar-refractivity contribution >= 4 is 29.9 Å². The molecule has 0 radical (unpaired) electrons. The average Bonchev–Trinajstić information content (AvgIpc) is 3.03. The molecule has 6 nitrogen and oxygen atoms in total. The molecule has 0 bridgehead atoms. The lowest BCUT2D eigenvalue weighted by atomic mass is 10.2. The molecule has 27 heavy (non-hydrogen) atoms. The van der Waals surface area contributed by atoms with E-state index in [0.717, 1.165) is 5.75 Å². The molecule has 0 saturated carbocycles. The van der Waals surface area contributed by atoms with Crippen molar-refractivity contribution in [2.45, 2.75) is 24.7 Å². The summed E-state index contributed by atoms with van der Waals surface area (Å²) in [5.74, 6) is 1.97. The van der Waals surface area contributed by atoms with Crippen molar-refractivity contribution in [3.8, 4) is 11.5 Å². The molecule has 1 aromatic carbocycles. The average molecular weight is 500 g/mol. The Morgan fingerprint density at radius 1 is 1.30 bits per heavy atom. The summed E-state index contributed by atoms with van der Waals surface area (Å²) in [5, 5.41) is 6.33. The van der Waals surface area contributed by atoms with E-state index in [-0.39, 0.29) is 36.1 Å². The Balaban J connectivity index is 0.00000261. The second kappa shape index (κ2) is 9.67. The van der Waals surface area contributed by atoms with Crippen LogP contribution in [-0.4, -0.2) is 69.0 Å². The maximum atomic E-state index is 12.5. The highest BCUT2D eigenvalue weighted by molar-refractivity contribution is 14.0. The lowest BCUT2D eigenvalue weighted by molar-refractivity contribution is -0.143. The van der Waals surface area contributed by atoms with E-state index >= 15 is 0 Å². The molecule has 0 amide bonds. The number of aliphatic imine (C=N–C) groups is 1. The fraction of sp³-hybridized carbons (Fsp3) is 0.588. The van der Waals surface area contributed by atoms with Gasteiger partial charge in [0.25, 0.3) is 0 Å². The van der Waals surface area contributed by atoms with Crippen LogP contribution in [0.3, 0.4) is 0 Å². The van der Waals surface area contributed by atoms with Gasteiger partial charge in [0.1, 0.15) is 12.7 Å². The zero-order valence-electron chi connectivity index (χ0n) is 15.0. The van der Waals surface area contributed by atoms with Crippen molar-refractivity contribution in [3.63, 3.8) is 0 Å². The highest BCUT2D eigenvalue weighted by Crippen LogP contribution is 2.30. The van der Waals surface area contributed by atoms with Gasteiger partial charge in [0.15, 0.2) is 17.5 Å². The summed E-state index contributed by atoms with van der Waals surface area (Å²) < 4.78 is 48.9. The molecule has 1 saturated heterocycles. The number of rotatable bonds is 4. The molecule has 1 aromatic rings. The fourth-order valence-electron chi connectivity index (χ4n) is 3.11. The molecule has 2 aliphatic rings. The smallest absolute Gasteiger partial charge is 0.401 e. The van der Waals surface area contributed by atoms with E-state index in [1.54, 1.807) is 7.05 Å². The van der Waals surface area contributed by atoms with Gasteiger partial charge in [0.2, 0.25) is 0 Å². The van der Waals surface area contributed by atoms with E-state index in [1.165, 1.54) is 4.90 Å². The second-order valence-electron chi connectivity index (χ2n) is 6.43. The van der Waals surface area contributed by atoms with Gasteiger partial charge >= 0.3 is 6.18 Å². The molecule has 152 valence electrons. The minimum absolute atomic E-state index is 0. The quantitative estimate of drug-likeness (QED) is 0.378. The van der Waals surface area contributed by atoms with Crippen LogP contribution in [0.5, 0.6) is 11.5 Å². The number of guanidine groups is 1. The third kappa shape index (κ3) is 6.59. The van der Waals surface area contributed by atoms with Gasteiger partial charge in [-0.3, -0.25) is 9.89 Å². The Labute approximate surface area is 173 Å². The third-order valence-corrected chi connectivity index (χ3v) is 4.30. The Morgan fingerprint density at radius 3 is 2.74 bits per heavy atom. The molecule has 2 heterocycles. The summed E-state index contributed by atoms with van der Waals surface area (Å²) in [7, 11) is 1.63. The van der Waals surface area contributed by atoms with Crippen molar-refractivity contribution in [1.29, 1.82) is 0 Å². The molecule has 3 rings (SSSR count). The van der Waals surface area contributed by atoms with E-state index < -0.39 is 12.7 Å². The standard InChI is InChI=1S/C17H23F3N4O2.HI/c1-21-16(23-12-6-7-24(9-12)11-17(18,19)20)22-8-13-10-25-14-4-2-3-5-15(14)26-13;/h2-5,12-13H,6-11H2,1H3,(H2,21,22,23);1H. The van der Waals surface area contributed by atoms with Crippen LogP contribution in [0.2, 0.25) is 0 Å². The van der Waals surface area contributed by atoms with E-state index in [0.29, 0.717) is 44.4 Å². The summed E-state index contributed by atoms with van der Waals surface area (Å²) in [6, 6.07) is 7.41. The predicted molar refractivity (Wildman–Crippen MR) is 107 cm³/mol. The van der Waals surface area contributed by atoms with Crippen LogP contribution in [0.25, 0.3) is 0 Å². The fourth-order valence-corrected chi connectivity index (χ4v) is 3.11. The Hall–Kier alpha value is -1.43. The molecular formula is C17H24F3IN4O2. The lowest BCUT2D eigenvalue weighted by Gasteiger charge is -2.27. The van der Waals surface area contributed by atoms with E-state index in [1.807, 2.05) is 24.3 Å². The number of benzene rings is 1. The number of nitrogens with zero attached hydrogens (tertiary/aromatic N) is 2. The first-order valence-corrected chi connectivity index (χ1v) is 8.58. The highest BCUT2D eigenvalue weighted by Gasteiger charge is 2.34. The molecule has 0 spiro atoms. The van der Waals surface area contributed by atoms with Gasteiger partial charge in [-0.05, 0) is 18.6 Å². The van der Waals surface area contributed by atoms with Crippen LogP contribution >= 0.6 is 24.0 Å². The maximum Gasteiger partial charge on any atom is 0.401 e. The number of fused-ring (bicyclic) bond motifs is 1. The minimum Gasteiger partial charge on any atom is -0.486 e. The normalized spacial score (nSPS) is 22.9. The summed E-state index contributed by atoms with van der Waals surface area (Å²) in [4.78, 5) is 5.54. The third-order valence-electron chi connectivity index (χ3n) is 4.30. The number of para-hydroxylation sites is 2. The lowest BCUT2D eigenvalue weighted by Crippen LogP contribution is -2.49. The number of nitrogens with one attached hydrogen (secondary N) is 2. The summed E-state index contributed by atoms with van der Waals surface area (Å²) in [6.45, 7) is 0.793. The first-order chi connectivity index (χ1) is 12.4. The maximum absolute atomic E-state index is 12.5. The van der Waals surface area contributed by atoms with Gasteiger partial charge < -0.3 is 20.1 Å². The van der Waals surface area contributed by atoms with Gasteiger partial charge in [-0.2, -0.15) is 13.2 Å². The number of hydrogen-bond donors (Lipinski definition) is 2. The topological polar surface area (TPSA) is 58.1 Å². The largest absolute Gasteiger partial charge is 0.486 e. The molecule has 1 fully saturated rings. The van der Waals surface area contributed by atoms with Gasteiger partial charge in [0.05, 0.1) is 13.1 Å². The number of ether oxygens (including phenoxy) is 2. The van der Waals surface area contributed by atoms with Crippen LogP contribution in [0.1, 0.15) is 6.42 Å². The van der Waals surface area contributed by atoms with Gasteiger partial charge in [-0.1, -0.05) is 12.1 Å². The summed E-state index contributed by atoms with van der Waals surface area (Å²) in [5.41, 5.74) is 0. The van der Waals surface area contributed by atoms with E-state index in [9.17, 15) is 13.2 Å². The van der Waals surface area contributed by atoms with Crippen LogP contribution in [0, 0.1) is 0 Å². The van der Waals surface area contributed by atoms with Gasteiger partial charge in [-0.15, -0.1) is 24.0 Å². The highest BCUT2D eigenvalue weighted by atomic mass is 127. The van der Waals surface area contributed by atoms with Crippen molar-refractivity contribution in [3.05, 3.63) is 24.3 Å². The number of halogens is 4. The van der Waals surface area contributed by atoms with Crippen molar-refractivity contribution in [2.24, 2.45) is 4.99 Å². The predicted octanol–water partition coefficient (Wildman–Crippen LogP) is 2.25. The van der Waals surface area contributed by atoms with Crippen LogP contribution in [0.4, 0.5) is 13.2 Å². The molecule has 10 heteroatoms. The van der Waals surface area contributed by atoms with Gasteiger partial charge in [-0.25, -0.2) is 0 Å². The molecule has 2 unspecified atom stereocenters. The molecular weight excluding hydrogens is 476 g/mol. The number of hydrogen-bond acceptors (Lipinski definition) is 4. The van der Waals surface area contributed by atoms with Crippen molar-refractivity contribution in [1.82, 2.24) is 15.5 Å². The first-order valence-electron chi connectivity index (χ1n) is 8.58. The Kier molecular flexibility index (Phi) is 7.83. The summed E-state index contributed by atoms with van der Waals surface area (Å²) in [6.07, 6.45) is -3.69. The molecule has 0 aliphatic carbocycles.